The number of nitrogens with zero attached hydrogens (tertiary/aromatic N) is 1. The van der Waals surface area contributed by atoms with Gasteiger partial charge in [0.1, 0.15) is 12.4 Å². The molecule has 0 unspecified atom stereocenters. The quantitative estimate of drug-likeness (QED) is 0.785. The summed E-state index contributed by atoms with van der Waals surface area (Å²) in [4.78, 5) is 13.9. The molecule has 144 valence electrons. The summed E-state index contributed by atoms with van der Waals surface area (Å²) >= 11 is 0. The van der Waals surface area contributed by atoms with Crippen LogP contribution in [0.2, 0.25) is 0 Å². The summed E-state index contributed by atoms with van der Waals surface area (Å²) in [7, 11) is -2.23. The summed E-state index contributed by atoms with van der Waals surface area (Å²) in [5, 5.41) is 0. The Morgan fingerprint density at radius 3 is 2.59 bits per heavy atom. The van der Waals surface area contributed by atoms with E-state index in [0.29, 0.717) is 31.0 Å². The molecule has 0 atom stereocenters. The molecule has 0 saturated carbocycles. The van der Waals surface area contributed by atoms with E-state index < -0.39 is 10.0 Å². The summed E-state index contributed by atoms with van der Waals surface area (Å²) in [6, 6.07) is 11.4. The third kappa shape index (κ3) is 4.23. The van der Waals surface area contributed by atoms with Crippen LogP contribution in [-0.4, -0.2) is 41.2 Å². The lowest BCUT2D eigenvalue weighted by Crippen LogP contribution is -2.31. The van der Waals surface area contributed by atoms with E-state index in [2.05, 4.69) is 4.72 Å². The van der Waals surface area contributed by atoms with Gasteiger partial charge in [-0.05, 0) is 61.4 Å². The summed E-state index contributed by atoms with van der Waals surface area (Å²) < 4.78 is 38.0. The molecule has 1 aliphatic heterocycles. The Morgan fingerprint density at radius 1 is 1.19 bits per heavy atom. The second-order valence-corrected chi connectivity index (χ2v) is 7.76. The number of hydrogen-bond acceptors (Lipinski definition) is 5. The minimum absolute atomic E-state index is 0.0194. The van der Waals surface area contributed by atoms with E-state index in [9.17, 15) is 13.2 Å². The van der Waals surface area contributed by atoms with Gasteiger partial charge in [0.2, 0.25) is 0 Å². The maximum absolute atomic E-state index is 12.6. The smallest absolute Gasteiger partial charge is 0.261 e. The SMILES string of the molecule is CCOc1ccc(S(=O)(=O)Nc2ccc3c(c2)CCN3C(=O)COC)cc1. The molecule has 3 rings (SSSR count). The standard InChI is InChI=1S/C19H22N2O5S/c1-3-26-16-5-7-17(8-6-16)27(23,24)20-15-4-9-18-14(12-15)10-11-21(18)19(22)13-25-2/h4-9,12,20H,3,10-11,13H2,1-2H3. The van der Waals surface area contributed by atoms with Gasteiger partial charge in [-0.15, -0.1) is 0 Å². The van der Waals surface area contributed by atoms with Crippen LogP contribution in [0, 0.1) is 0 Å². The molecular weight excluding hydrogens is 368 g/mol. The fraction of sp³-hybridized carbons (Fsp3) is 0.316. The van der Waals surface area contributed by atoms with Crippen molar-refractivity contribution in [2.75, 3.05) is 36.5 Å². The van der Waals surface area contributed by atoms with Gasteiger partial charge in [0.15, 0.2) is 0 Å². The molecule has 0 saturated heterocycles. The largest absolute Gasteiger partial charge is 0.494 e. The van der Waals surface area contributed by atoms with E-state index >= 15 is 0 Å². The highest BCUT2D eigenvalue weighted by atomic mass is 32.2. The third-order valence-electron chi connectivity index (χ3n) is 4.24. The van der Waals surface area contributed by atoms with Gasteiger partial charge in [-0.3, -0.25) is 9.52 Å². The van der Waals surface area contributed by atoms with E-state index in [1.807, 2.05) is 6.92 Å². The number of amides is 1. The number of fused-ring (bicyclic) bond motifs is 1. The van der Waals surface area contributed by atoms with Crippen molar-refractivity contribution in [1.82, 2.24) is 0 Å². The molecule has 1 N–H and O–H groups in total. The van der Waals surface area contributed by atoms with Crippen LogP contribution >= 0.6 is 0 Å². The number of benzene rings is 2. The van der Waals surface area contributed by atoms with Crippen molar-refractivity contribution < 1.29 is 22.7 Å². The number of hydrogen-bond donors (Lipinski definition) is 1. The predicted octanol–water partition coefficient (Wildman–Crippen LogP) is 2.42. The zero-order valence-electron chi connectivity index (χ0n) is 15.3. The molecule has 0 aromatic heterocycles. The van der Waals surface area contributed by atoms with Crippen LogP contribution in [0.25, 0.3) is 0 Å². The molecule has 0 spiro atoms. The van der Waals surface area contributed by atoms with Gasteiger partial charge < -0.3 is 14.4 Å². The fourth-order valence-corrected chi connectivity index (χ4v) is 4.07. The van der Waals surface area contributed by atoms with Gasteiger partial charge in [-0.2, -0.15) is 0 Å². The van der Waals surface area contributed by atoms with Gasteiger partial charge in [0.25, 0.3) is 15.9 Å². The zero-order chi connectivity index (χ0) is 19.4. The van der Waals surface area contributed by atoms with Crippen molar-refractivity contribution in [3.63, 3.8) is 0 Å². The molecular formula is C19H22N2O5S. The second kappa shape index (κ2) is 7.98. The second-order valence-electron chi connectivity index (χ2n) is 6.08. The monoisotopic (exact) mass is 390 g/mol. The highest BCUT2D eigenvalue weighted by Gasteiger charge is 2.25. The zero-order valence-corrected chi connectivity index (χ0v) is 16.1. The number of anilines is 2. The summed E-state index contributed by atoms with van der Waals surface area (Å²) in [6.45, 7) is 2.96. The highest BCUT2D eigenvalue weighted by molar-refractivity contribution is 7.92. The normalized spacial score (nSPS) is 13.3. The van der Waals surface area contributed by atoms with Crippen molar-refractivity contribution in [2.24, 2.45) is 0 Å². The van der Waals surface area contributed by atoms with Crippen LogP contribution in [0.3, 0.4) is 0 Å². The first-order valence-corrected chi connectivity index (χ1v) is 10.1. The summed E-state index contributed by atoms with van der Waals surface area (Å²) in [5.41, 5.74) is 2.18. The maximum atomic E-state index is 12.6. The molecule has 8 heteroatoms. The Hall–Kier alpha value is -2.58. The average molecular weight is 390 g/mol. The molecule has 1 aliphatic rings. The number of carbonyl (C=O) groups is 1. The van der Waals surface area contributed by atoms with Crippen LogP contribution in [0.4, 0.5) is 11.4 Å². The molecule has 0 aliphatic carbocycles. The van der Waals surface area contributed by atoms with Crippen LogP contribution in [-0.2, 0) is 26.0 Å². The van der Waals surface area contributed by atoms with Crippen molar-refractivity contribution in [3.8, 4) is 5.75 Å². The lowest BCUT2D eigenvalue weighted by molar-refractivity contribution is -0.122. The first kappa shape index (κ1) is 19.2. The van der Waals surface area contributed by atoms with Crippen molar-refractivity contribution >= 4 is 27.3 Å². The maximum Gasteiger partial charge on any atom is 0.261 e. The van der Waals surface area contributed by atoms with Gasteiger partial charge in [-0.1, -0.05) is 0 Å². The average Bonchev–Trinajstić information content (AvgIpc) is 3.05. The van der Waals surface area contributed by atoms with Crippen molar-refractivity contribution in [1.29, 1.82) is 0 Å². The van der Waals surface area contributed by atoms with Crippen LogP contribution in [0.15, 0.2) is 47.4 Å². The number of nitrogens with one attached hydrogen (secondary N) is 1. The van der Waals surface area contributed by atoms with Crippen molar-refractivity contribution in [2.45, 2.75) is 18.2 Å². The van der Waals surface area contributed by atoms with E-state index in [1.165, 1.54) is 19.2 Å². The van der Waals surface area contributed by atoms with E-state index in [4.69, 9.17) is 9.47 Å². The molecule has 1 amide bonds. The topological polar surface area (TPSA) is 84.9 Å². The molecule has 7 nitrogen and oxygen atoms in total. The molecule has 27 heavy (non-hydrogen) atoms. The molecule has 1 heterocycles. The Balaban J connectivity index is 1.77. The van der Waals surface area contributed by atoms with Gasteiger partial charge in [0, 0.05) is 25.0 Å². The van der Waals surface area contributed by atoms with Crippen molar-refractivity contribution in [3.05, 3.63) is 48.0 Å². The number of sulfonamides is 1. The number of rotatable bonds is 7. The Morgan fingerprint density at radius 2 is 1.93 bits per heavy atom. The molecule has 0 radical (unpaired) electrons. The number of ether oxygens (including phenoxy) is 2. The van der Waals surface area contributed by atoms with Crippen LogP contribution in [0.1, 0.15) is 12.5 Å². The molecule has 2 aromatic carbocycles. The fourth-order valence-electron chi connectivity index (χ4n) is 3.02. The summed E-state index contributed by atoms with van der Waals surface area (Å²) in [5.74, 6) is 0.508. The van der Waals surface area contributed by atoms with Crippen LogP contribution in [0.5, 0.6) is 5.75 Å². The lowest BCUT2D eigenvalue weighted by atomic mass is 10.1. The lowest BCUT2D eigenvalue weighted by Gasteiger charge is -2.17. The van der Waals surface area contributed by atoms with E-state index in [0.717, 1.165) is 11.3 Å². The first-order valence-electron chi connectivity index (χ1n) is 8.62. The minimum Gasteiger partial charge on any atom is -0.494 e. The first-order chi connectivity index (χ1) is 12.9. The van der Waals surface area contributed by atoms with Gasteiger partial charge in [-0.25, -0.2) is 8.42 Å². The Kier molecular flexibility index (Phi) is 5.67. The summed E-state index contributed by atoms with van der Waals surface area (Å²) in [6.07, 6.45) is 0.670. The molecule has 0 bridgehead atoms. The molecule has 2 aromatic rings. The Labute approximate surface area is 158 Å². The Bertz CT molecular complexity index is 926. The third-order valence-corrected chi connectivity index (χ3v) is 5.64. The van der Waals surface area contributed by atoms with E-state index in [-0.39, 0.29) is 17.4 Å². The van der Waals surface area contributed by atoms with Crippen LogP contribution < -0.4 is 14.4 Å². The van der Waals surface area contributed by atoms with Gasteiger partial charge >= 0.3 is 0 Å². The highest BCUT2D eigenvalue weighted by Crippen LogP contribution is 2.31. The molecule has 0 fully saturated rings. The predicted molar refractivity (Wildman–Crippen MR) is 103 cm³/mol. The number of methoxy groups -OCH3 is 1. The minimum atomic E-state index is -3.71. The number of carbonyl (C=O) groups excluding carboxylic acids is 1. The van der Waals surface area contributed by atoms with Gasteiger partial charge in [0.05, 0.1) is 11.5 Å². The van der Waals surface area contributed by atoms with E-state index in [1.54, 1.807) is 35.2 Å².